The highest BCUT2D eigenvalue weighted by Gasteiger charge is 2.34. The number of benzene rings is 2. The number of hydrogen-bond donors (Lipinski definition) is 1. The maximum atomic E-state index is 13.1. The molecule has 0 aliphatic carbocycles. The monoisotopic (exact) mass is 303 g/mol. The first-order valence-electron chi connectivity index (χ1n) is 5.67. The largest absolute Gasteiger partial charge is 0.416 e. The van der Waals surface area contributed by atoms with Crippen LogP contribution < -0.4 is 5.73 Å². The third kappa shape index (κ3) is 2.94. The fourth-order valence-corrected chi connectivity index (χ4v) is 2.10. The third-order valence-electron chi connectivity index (χ3n) is 2.90. The molecule has 2 aromatic rings. The van der Waals surface area contributed by atoms with Crippen molar-refractivity contribution in [3.63, 3.8) is 0 Å². The molecular weight excluding hydrogens is 294 g/mol. The summed E-state index contributed by atoms with van der Waals surface area (Å²) in [5, 5.41) is -0.178. The van der Waals surface area contributed by atoms with Gasteiger partial charge in [0.25, 0.3) is 0 Å². The Morgan fingerprint density at radius 1 is 1.05 bits per heavy atom. The average Bonchev–Trinajstić information content (AvgIpc) is 2.40. The van der Waals surface area contributed by atoms with Gasteiger partial charge >= 0.3 is 6.18 Å². The number of alkyl halides is 3. The molecule has 1 unspecified atom stereocenters. The van der Waals surface area contributed by atoms with Crippen LogP contribution in [0.3, 0.4) is 0 Å². The van der Waals surface area contributed by atoms with E-state index < -0.39 is 23.6 Å². The summed E-state index contributed by atoms with van der Waals surface area (Å²) < 4.78 is 51.9. The van der Waals surface area contributed by atoms with Gasteiger partial charge in [-0.3, -0.25) is 0 Å². The van der Waals surface area contributed by atoms with Gasteiger partial charge in [0.1, 0.15) is 5.82 Å². The summed E-state index contributed by atoms with van der Waals surface area (Å²) in [7, 11) is 0. The second-order valence-corrected chi connectivity index (χ2v) is 4.64. The topological polar surface area (TPSA) is 26.0 Å². The SMILES string of the molecule is NC(c1ccc(F)c(Cl)c1)c1ccccc1C(F)(F)F. The first-order chi connectivity index (χ1) is 9.30. The second-order valence-electron chi connectivity index (χ2n) is 4.24. The van der Waals surface area contributed by atoms with Crippen molar-refractivity contribution < 1.29 is 17.6 Å². The summed E-state index contributed by atoms with van der Waals surface area (Å²) in [5.41, 5.74) is 5.27. The number of nitrogens with two attached hydrogens (primary N) is 1. The van der Waals surface area contributed by atoms with Crippen LogP contribution in [0.2, 0.25) is 5.02 Å². The van der Waals surface area contributed by atoms with E-state index in [9.17, 15) is 17.6 Å². The summed E-state index contributed by atoms with van der Waals surface area (Å²) in [6, 6.07) is 7.60. The standard InChI is InChI=1S/C14H10ClF4N/c15-11-7-8(5-6-12(11)16)13(20)9-3-1-2-4-10(9)14(17,18)19/h1-7,13H,20H2. The van der Waals surface area contributed by atoms with Crippen LogP contribution in [0.4, 0.5) is 17.6 Å². The van der Waals surface area contributed by atoms with Gasteiger partial charge in [-0.25, -0.2) is 4.39 Å². The van der Waals surface area contributed by atoms with Crippen molar-refractivity contribution in [2.45, 2.75) is 12.2 Å². The minimum Gasteiger partial charge on any atom is -0.320 e. The van der Waals surface area contributed by atoms with Crippen LogP contribution in [0.1, 0.15) is 22.7 Å². The first-order valence-corrected chi connectivity index (χ1v) is 6.05. The molecule has 0 aliphatic heterocycles. The van der Waals surface area contributed by atoms with Gasteiger partial charge in [-0.2, -0.15) is 13.2 Å². The van der Waals surface area contributed by atoms with Gasteiger partial charge in [0.2, 0.25) is 0 Å². The minimum atomic E-state index is -4.50. The van der Waals surface area contributed by atoms with Crippen LogP contribution in [0, 0.1) is 5.82 Å². The molecule has 1 atom stereocenters. The van der Waals surface area contributed by atoms with Crippen LogP contribution in [0.5, 0.6) is 0 Å². The lowest BCUT2D eigenvalue weighted by atomic mass is 9.95. The molecule has 0 heterocycles. The molecule has 6 heteroatoms. The Morgan fingerprint density at radius 3 is 2.30 bits per heavy atom. The molecule has 0 fully saturated rings. The molecule has 20 heavy (non-hydrogen) atoms. The zero-order valence-corrected chi connectivity index (χ0v) is 10.8. The van der Waals surface area contributed by atoms with Gasteiger partial charge in [-0.1, -0.05) is 35.9 Å². The lowest BCUT2D eigenvalue weighted by Gasteiger charge is -2.18. The van der Waals surface area contributed by atoms with Gasteiger partial charge in [-0.05, 0) is 29.3 Å². The highest BCUT2D eigenvalue weighted by atomic mass is 35.5. The van der Waals surface area contributed by atoms with Crippen LogP contribution in [-0.2, 0) is 6.18 Å². The summed E-state index contributed by atoms with van der Waals surface area (Å²) in [4.78, 5) is 0. The Balaban J connectivity index is 2.48. The predicted molar refractivity (Wildman–Crippen MR) is 68.9 cm³/mol. The van der Waals surface area contributed by atoms with E-state index in [0.29, 0.717) is 5.56 Å². The zero-order valence-electron chi connectivity index (χ0n) is 10.1. The summed E-state index contributed by atoms with van der Waals surface area (Å²) in [6.45, 7) is 0. The number of halogens is 5. The molecule has 0 amide bonds. The van der Waals surface area contributed by atoms with Crippen molar-refractivity contribution in [2.75, 3.05) is 0 Å². The number of rotatable bonds is 2. The summed E-state index contributed by atoms with van der Waals surface area (Å²) >= 11 is 5.62. The Morgan fingerprint density at radius 2 is 1.70 bits per heavy atom. The zero-order chi connectivity index (χ0) is 14.9. The van der Waals surface area contributed by atoms with Crippen molar-refractivity contribution in [1.29, 1.82) is 0 Å². The van der Waals surface area contributed by atoms with E-state index in [4.69, 9.17) is 17.3 Å². The van der Waals surface area contributed by atoms with Crippen LogP contribution in [0.25, 0.3) is 0 Å². The Kier molecular flexibility index (Phi) is 4.01. The van der Waals surface area contributed by atoms with E-state index in [1.54, 1.807) is 0 Å². The highest BCUT2D eigenvalue weighted by Crippen LogP contribution is 2.36. The quantitative estimate of drug-likeness (QED) is 0.810. The third-order valence-corrected chi connectivity index (χ3v) is 3.19. The molecule has 0 radical (unpaired) electrons. The first kappa shape index (κ1) is 14.8. The van der Waals surface area contributed by atoms with E-state index in [1.165, 1.54) is 30.3 Å². The van der Waals surface area contributed by atoms with E-state index >= 15 is 0 Å². The van der Waals surface area contributed by atoms with Gasteiger partial charge in [0.05, 0.1) is 16.6 Å². The van der Waals surface area contributed by atoms with Crippen molar-refractivity contribution in [3.05, 3.63) is 70.0 Å². The fraction of sp³-hybridized carbons (Fsp3) is 0.143. The molecule has 0 spiro atoms. The van der Waals surface area contributed by atoms with Crippen molar-refractivity contribution >= 4 is 11.6 Å². The van der Waals surface area contributed by atoms with E-state index in [-0.39, 0.29) is 10.6 Å². The molecule has 0 saturated carbocycles. The van der Waals surface area contributed by atoms with Gasteiger partial charge in [0.15, 0.2) is 0 Å². The van der Waals surface area contributed by atoms with Gasteiger partial charge in [0, 0.05) is 0 Å². The Hall–Kier alpha value is -1.59. The van der Waals surface area contributed by atoms with Gasteiger partial charge < -0.3 is 5.73 Å². The molecule has 0 aromatic heterocycles. The lowest BCUT2D eigenvalue weighted by molar-refractivity contribution is -0.138. The van der Waals surface area contributed by atoms with E-state index in [0.717, 1.165) is 12.1 Å². The molecule has 106 valence electrons. The summed E-state index contributed by atoms with van der Waals surface area (Å²) in [5.74, 6) is -0.647. The Labute approximate surface area is 118 Å². The molecule has 2 rings (SSSR count). The lowest BCUT2D eigenvalue weighted by Crippen LogP contribution is -2.18. The van der Waals surface area contributed by atoms with E-state index in [1.807, 2.05) is 0 Å². The van der Waals surface area contributed by atoms with Crippen LogP contribution in [0.15, 0.2) is 42.5 Å². The maximum absolute atomic E-state index is 13.1. The van der Waals surface area contributed by atoms with Crippen molar-refractivity contribution in [2.24, 2.45) is 5.73 Å². The van der Waals surface area contributed by atoms with Crippen LogP contribution in [-0.4, -0.2) is 0 Å². The molecular formula is C14H10ClF4N. The average molecular weight is 304 g/mol. The molecule has 2 N–H and O–H groups in total. The minimum absolute atomic E-state index is 0.0809. The van der Waals surface area contributed by atoms with Gasteiger partial charge in [-0.15, -0.1) is 0 Å². The second kappa shape index (κ2) is 5.42. The molecule has 0 aliphatic rings. The molecule has 0 saturated heterocycles. The molecule has 0 bridgehead atoms. The fourth-order valence-electron chi connectivity index (χ4n) is 1.91. The maximum Gasteiger partial charge on any atom is 0.416 e. The number of hydrogen-bond acceptors (Lipinski definition) is 1. The summed E-state index contributed by atoms with van der Waals surface area (Å²) in [6.07, 6.45) is -4.50. The van der Waals surface area contributed by atoms with E-state index in [2.05, 4.69) is 0 Å². The smallest absolute Gasteiger partial charge is 0.320 e. The molecule has 2 aromatic carbocycles. The predicted octanol–water partition coefficient (Wildman–Crippen LogP) is 4.55. The normalized spacial score (nSPS) is 13.3. The Bertz CT molecular complexity index is 625. The highest BCUT2D eigenvalue weighted by molar-refractivity contribution is 6.30. The van der Waals surface area contributed by atoms with Crippen molar-refractivity contribution in [1.82, 2.24) is 0 Å². The van der Waals surface area contributed by atoms with Crippen LogP contribution >= 0.6 is 11.6 Å². The van der Waals surface area contributed by atoms with Crippen molar-refractivity contribution in [3.8, 4) is 0 Å². The molecule has 1 nitrogen and oxygen atoms in total.